The van der Waals surface area contributed by atoms with Crippen LogP contribution in [0, 0.1) is 5.82 Å². The van der Waals surface area contributed by atoms with Crippen LogP contribution in [0.3, 0.4) is 0 Å². The van der Waals surface area contributed by atoms with Gasteiger partial charge in [-0.2, -0.15) is 0 Å². The standard InChI is InChI=1S/C16H16BrClFNO/c1-2-12(20)7-10-3-4-11(17)8-16(10)21-13-5-6-14(18)15(19)9-13/h3-6,8-9,12H,2,7,20H2,1H3. The lowest BCUT2D eigenvalue weighted by molar-refractivity contribution is 0.466. The highest BCUT2D eigenvalue weighted by Crippen LogP contribution is 2.31. The average molecular weight is 373 g/mol. The van der Waals surface area contributed by atoms with Gasteiger partial charge in [0, 0.05) is 16.6 Å². The molecule has 5 heteroatoms. The van der Waals surface area contributed by atoms with Gasteiger partial charge in [0.25, 0.3) is 0 Å². The van der Waals surface area contributed by atoms with Crippen LogP contribution >= 0.6 is 27.5 Å². The molecule has 1 unspecified atom stereocenters. The fraction of sp³-hybridized carbons (Fsp3) is 0.250. The van der Waals surface area contributed by atoms with Crippen LogP contribution in [-0.2, 0) is 6.42 Å². The predicted octanol–water partition coefficient (Wildman–Crippen LogP) is 5.31. The van der Waals surface area contributed by atoms with Crippen LogP contribution in [0.25, 0.3) is 0 Å². The second kappa shape index (κ2) is 7.25. The van der Waals surface area contributed by atoms with Gasteiger partial charge in [-0.15, -0.1) is 0 Å². The Labute approximate surface area is 137 Å². The Morgan fingerprint density at radius 1 is 1.29 bits per heavy atom. The first kappa shape index (κ1) is 16.3. The van der Waals surface area contributed by atoms with Gasteiger partial charge in [-0.25, -0.2) is 4.39 Å². The van der Waals surface area contributed by atoms with Crippen LogP contribution < -0.4 is 10.5 Å². The van der Waals surface area contributed by atoms with E-state index < -0.39 is 5.82 Å². The van der Waals surface area contributed by atoms with E-state index in [1.165, 1.54) is 12.1 Å². The van der Waals surface area contributed by atoms with Gasteiger partial charge in [-0.3, -0.25) is 0 Å². The third-order valence-electron chi connectivity index (χ3n) is 3.15. The smallest absolute Gasteiger partial charge is 0.145 e. The van der Waals surface area contributed by atoms with E-state index >= 15 is 0 Å². The minimum absolute atomic E-state index is 0.0653. The fourth-order valence-corrected chi connectivity index (χ4v) is 2.34. The molecule has 0 fully saturated rings. The molecule has 0 aliphatic heterocycles. The van der Waals surface area contributed by atoms with Crippen LogP contribution in [0.15, 0.2) is 40.9 Å². The van der Waals surface area contributed by atoms with Crippen molar-refractivity contribution in [2.45, 2.75) is 25.8 Å². The van der Waals surface area contributed by atoms with Gasteiger partial charge in [0.2, 0.25) is 0 Å². The van der Waals surface area contributed by atoms with Gasteiger partial charge >= 0.3 is 0 Å². The van der Waals surface area contributed by atoms with E-state index in [0.29, 0.717) is 17.9 Å². The largest absolute Gasteiger partial charge is 0.457 e. The van der Waals surface area contributed by atoms with Crippen LogP contribution in [0.4, 0.5) is 4.39 Å². The van der Waals surface area contributed by atoms with Gasteiger partial charge in [-0.1, -0.05) is 40.5 Å². The minimum atomic E-state index is -0.504. The Balaban J connectivity index is 2.28. The number of rotatable bonds is 5. The normalized spacial score (nSPS) is 12.2. The Kier molecular flexibility index (Phi) is 5.62. The molecule has 0 aliphatic rings. The number of benzene rings is 2. The Morgan fingerprint density at radius 3 is 2.71 bits per heavy atom. The first-order valence-corrected chi connectivity index (χ1v) is 7.83. The topological polar surface area (TPSA) is 35.2 Å². The molecule has 1 atom stereocenters. The van der Waals surface area contributed by atoms with Crippen molar-refractivity contribution < 1.29 is 9.13 Å². The van der Waals surface area contributed by atoms with Crippen molar-refractivity contribution in [3.05, 3.63) is 57.3 Å². The highest BCUT2D eigenvalue weighted by atomic mass is 79.9. The van der Waals surface area contributed by atoms with E-state index in [0.717, 1.165) is 16.5 Å². The summed E-state index contributed by atoms with van der Waals surface area (Å²) in [6.07, 6.45) is 1.58. The highest BCUT2D eigenvalue weighted by molar-refractivity contribution is 9.10. The molecular formula is C16H16BrClFNO. The van der Waals surface area contributed by atoms with Crippen molar-refractivity contribution in [2.75, 3.05) is 0 Å². The number of hydrogen-bond donors (Lipinski definition) is 1. The third-order valence-corrected chi connectivity index (χ3v) is 3.95. The Morgan fingerprint density at radius 2 is 2.05 bits per heavy atom. The van der Waals surface area contributed by atoms with Crippen molar-refractivity contribution in [1.82, 2.24) is 0 Å². The summed E-state index contributed by atoms with van der Waals surface area (Å²) in [7, 11) is 0. The summed E-state index contributed by atoms with van der Waals surface area (Å²) in [6.45, 7) is 2.04. The number of ether oxygens (including phenoxy) is 1. The maximum absolute atomic E-state index is 13.5. The molecule has 112 valence electrons. The Bertz CT molecular complexity index is 636. The van der Waals surface area contributed by atoms with E-state index in [-0.39, 0.29) is 11.1 Å². The van der Waals surface area contributed by atoms with Crippen LogP contribution in [0.1, 0.15) is 18.9 Å². The second-order valence-electron chi connectivity index (χ2n) is 4.80. The highest BCUT2D eigenvalue weighted by Gasteiger charge is 2.11. The quantitative estimate of drug-likeness (QED) is 0.771. The first-order chi connectivity index (χ1) is 9.99. The van der Waals surface area contributed by atoms with Gasteiger partial charge < -0.3 is 10.5 Å². The molecular weight excluding hydrogens is 357 g/mol. The molecule has 0 saturated heterocycles. The SMILES string of the molecule is CCC(N)Cc1ccc(Br)cc1Oc1ccc(Cl)c(F)c1. The van der Waals surface area contributed by atoms with Crippen LogP contribution in [-0.4, -0.2) is 6.04 Å². The molecule has 0 radical (unpaired) electrons. The maximum atomic E-state index is 13.5. The molecule has 21 heavy (non-hydrogen) atoms. The lowest BCUT2D eigenvalue weighted by atomic mass is 10.0. The molecule has 0 spiro atoms. The molecule has 2 N–H and O–H groups in total. The molecule has 0 aromatic heterocycles. The summed E-state index contributed by atoms with van der Waals surface area (Å²) < 4.78 is 20.2. The zero-order chi connectivity index (χ0) is 15.4. The molecule has 2 aromatic rings. The zero-order valence-electron chi connectivity index (χ0n) is 11.6. The minimum Gasteiger partial charge on any atom is -0.457 e. The number of hydrogen-bond acceptors (Lipinski definition) is 2. The Hall–Kier alpha value is -1.10. The van der Waals surface area contributed by atoms with Gasteiger partial charge in [0.15, 0.2) is 0 Å². The third kappa shape index (κ3) is 4.43. The molecule has 2 aromatic carbocycles. The number of nitrogens with two attached hydrogens (primary N) is 1. The van der Waals surface area contributed by atoms with Gasteiger partial charge in [0.05, 0.1) is 5.02 Å². The van der Waals surface area contributed by atoms with Gasteiger partial charge in [0.1, 0.15) is 17.3 Å². The maximum Gasteiger partial charge on any atom is 0.145 e. The van der Waals surface area contributed by atoms with E-state index in [4.69, 9.17) is 22.1 Å². The monoisotopic (exact) mass is 371 g/mol. The molecule has 0 bridgehead atoms. The summed E-state index contributed by atoms with van der Waals surface area (Å²) in [6, 6.07) is 10.2. The molecule has 0 aliphatic carbocycles. The van der Waals surface area contributed by atoms with Crippen LogP contribution in [0.5, 0.6) is 11.5 Å². The van der Waals surface area contributed by atoms with E-state index in [2.05, 4.69) is 15.9 Å². The van der Waals surface area contributed by atoms with Crippen molar-refractivity contribution in [1.29, 1.82) is 0 Å². The van der Waals surface area contributed by atoms with E-state index in [1.54, 1.807) is 6.07 Å². The number of halogens is 3. The molecule has 0 amide bonds. The summed E-state index contributed by atoms with van der Waals surface area (Å²) >= 11 is 9.09. The second-order valence-corrected chi connectivity index (χ2v) is 6.13. The lowest BCUT2D eigenvalue weighted by Crippen LogP contribution is -2.21. The van der Waals surface area contributed by atoms with Crippen molar-refractivity contribution in [3.8, 4) is 11.5 Å². The molecule has 0 heterocycles. The summed E-state index contributed by atoms with van der Waals surface area (Å²) in [5.74, 6) is 0.562. The predicted molar refractivity (Wildman–Crippen MR) is 87.6 cm³/mol. The van der Waals surface area contributed by atoms with Crippen molar-refractivity contribution in [2.24, 2.45) is 5.73 Å². The van der Waals surface area contributed by atoms with E-state index in [1.807, 2.05) is 25.1 Å². The van der Waals surface area contributed by atoms with E-state index in [9.17, 15) is 4.39 Å². The first-order valence-electron chi connectivity index (χ1n) is 6.66. The summed E-state index contributed by atoms with van der Waals surface area (Å²) in [4.78, 5) is 0. The summed E-state index contributed by atoms with van der Waals surface area (Å²) in [5.41, 5.74) is 6.99. The molecule has 2 rings (SSSR count). The average Bonchev–Trinajstić information content (AvgIpc) is 2.45. The zero-order valence-corrected chi connectivity index (χ0v) is 13.9. The lowest BCUT2D eigenvalue weighted by Gasteiger charge is -2.15. The van der Waals surface area contributed by atoms with Crippen LogP contribution in [0.2, 0.25) is 5.02 Å². The molecule has 2 nitrogen and oxygen atoms in total. The summed E-state index contributed by atoms with van der Waals surface area (Å²) in [5, 5.41) is 0.0739. The van der Waals surface area contributed by atoms with Gasteiger partial charge in [-0.05, 0) is 42.7 Å². The molecule has 0 saturated carbocycles. The fourth-order valence-electron chi connectivity index (χ4n) is 1.89. The van der Waals surface area contributed by atoms with Crippen molar-refractivity contribution in [3.63, 3.8) is 0 Å². The van der Waals surface area contributed by atoms with Crippen molar-refractivity contribution >= 4 is 27.5 Å².